The van der Waals surface area contributed by atoms with E-state index in [0.29, 0.717) is 0 Å². The predicted molar refractivity (Wildman–Crippen MR) is 133 cm³/mol. The molecular formula is C19H32S3Sn3. The van der Waals surface area contributed by atoms with Crippen molar-refractivity contribution < 1.29 is 0 Å². The molecule has 0 nitrogen and oxygen atoms in total. The second-order valence-corrected chi connectivity index (χ2v) is 59.0. The fourth-order valence-electron chi connectivity index (χ4n) is 2.28. The summed E-state index contributed by atoms with van der Waals surface area (Å²) >= 11 is 0.813. The molecule has 0 aliphatic rings. The summed E-state index contributed by atoms with van der Waals surface area (Å²) < 4.78 is 8.25. The van der Waals surface area contributed by atoms with Crippen molar-refractivity contribution in [3.63, 3.8) is 0 Å². The summed E-state index contributed by atoms with van der Waals surface area (Å²) in [6, 6.07) is 9.44. The molecule has 3 aromatic heterocycles. The summed E-state index contributed by atoms with van der Waals surface area (Å²) in [5.41, 5.74) is 0. The maximum atomic E-state index is 2.51. The van der Waals surface area contributed by atoms with Gasteiger partial charge < -0.3 is 0 Å². The molecule has 0 unspecified atom stereocenters. The fourth-order valence-corrected chi connectivity index (χ4v) is 21.9. The van der Waals surface area contributed by atoms with E-state index in [1.54, 1.807) is 18.1 Å². The molecule has 0 aliphatic heterocycles. The van der Waals surface area contributed by atoms with Gasteiger partial charge in [-0.1, -0.05) is 0 Å². The summed E-state index contributed by atoms with van der Waals surface area (Å²) in [7, 11) is 0. The Hall–Kier alpha value is 1.76. The maximum absolute atomic E-state index is 2.51. The number of fused-ring (bicyclic) bond motifs is 1. The van der Waals surface area contributed by atoms with E-state index >= 15 is 0 Å². The van der Waals surface area contributed by atoms with E-state index in [1.807, 2.05) is 11.3 Å². The topological polar surface area (TPSA) is 0 Å². The second kappa shape index (κ2) is 8.63. The van der Waals surface area contributed by atoms with Crippen LogP contribution in [0.5, 0.6) is 0 Å². The van der Waals surface area contributed by atoms with Gasteiger partial charge in [0.15, 0.2) is 0 Å². The van der Waals surface area contributed by atoms with Crippen LogP contribution in [-0.2, 0) is 0 Å². The van der Waals surface area contributed by atoms with Crippen molar-refractivity contribution in [3.8, 4) is 0 Å². The number of rotatable bonds is 3. The van der Waals surface area contributed by atoms with Crippen LogP contribution in [0, 0.1) is 0 Å². The van der Waals surface area contributed by atoms with E-state index in [-0.39, 0.29) is 0 Å². The van der Waals surface area contributed by atoms with Gasteiger partial charge >= 0.3 is 181 Å². The van der Waals surface area contributed by atoms with Crippen LogP contribution >= 0.6 is 34.0 Å². The zero-order chi connectivity index (χ0) is 19.0. The monoisotopic (exact) mass is 716 g/mol. The normalized spacial score (nSPS) is 13.0. The Morgan fingerprint density at radius 3 is 1.24 bits per heavy atom. The molecule has 0 aromatic carbocycles. The molecular weight excluding hydrogens is 681 g/mol. The van der Waals surface area contributed by atoms with Crippen molar-refractivity contribution >= 4 is 107 Å². The SMILES string of the molecule is [CH3][Sn]([CH3])([CH3])[c]1cc2s[c]([Sn]([CH3])([CH3])[CH3])cc2s1.[CH3][Sn]([CH3])([CH3])[c]1cccs1. The number of hydrogen-bond donors (Lipinski definition) is 0. The molecule has 0 N–H and O–H groups in total. The van der Waals surface area contributed by atoms with Crippen LogP contribution in [0.4, 0.5) is 0 Å². The van der Waals surface area contributed by atoms with Crippen molar-refractivity contribution in [1.82, 2.24) is 0 Å². The summed E-state index contributed by atoms with van der Waals surface area (Å²) in [6.07, 6.45) is 0. The molecule has 3 aromatic rings. The average Bonchev–Trinajstić information content (AvgIpc) is 3.12. The zero-order valence-corrected chi connectivity index (χ0v) is 28.1. The van der Waals surface area contributed by atoms with Crippen LogP contribution < -0.4 is 8.68 Å². The predicted octanol–water partition coefficient (Wildman–Crippen LogP) is 6.35. The van der Waals surface area contributed by atoms with Crippen molar-refractivity contribution in [2.24, 2.45) is 0 Å². The number of hydrogen-bond acceptors (Lipinski definition) is 3. The molecule has 0 bridgehead atoms. The molecule has 0 spiro atoms. The van der Waals surface area contributed by atoms with Crippen LogP contribution in [0.15, 0.2) is 29.6 Å². The third kappa shape index (κ3) is 6.65. The minimum atomic E-state index is -1.82. The van der Waals surface area contributed by atoms with E-state index in [1.165, 1.54) is 0 Å². The zero-order valence-electron chi connectivity index (χ0n) is 17.1. The van der Waals surface area contributed by atoms with Crippen molar-refractivity contribution in [3.05, 3.63) is 29.6 Å². The van der Waals surface area contributed by atoms with Gasteiger partial charge in [0, 0.05) is 0 Å². The van der Waals surface area contributed by atoms with Gasteiger partial charge in [-0.2, -0.15) is 0 Å². The molecule has 0 amide bonds. The molecule has 3 rings (SSSR count). The van der Waals surface area contributed by atoms with Gasteiger partial charge in [-0.25, -0.2) is 0 Å². The molecule has 0 saturated carbocycles. The summed E-state index contributed by atoms with van der Waals surface area (Å²) in [5.74, 6) is 0. The van der Waals surface area contributed by atoms with Crippen LogP contribution in [0.25, 0.3) is 9.40 Å². The second-order valence-electron chi connectivity index (χ2n) is 9.68. The fraction of sp³-hybridized carbons (Fsp3) is 0.474. The molecule has 0 aliphatic carbocycles. The quantitative estimate of drug-likeness (QED) is 0.278. The Morgan fingerprint density at radius 1 is 0.600 bits per heavy atom. The Kier molecular flexibility index (Phi) is 7.96. The Balaban J connectivity index is 0.000000212. The molecule has 0 fully saturated rings. The Labute approximate surface area is 178 Å². The molecule has 6 heteroatoms. The van der Waals surface area contributed by atoms with Crippen molar-refractivity contribution in [2.75, 3.05) is 0 Å². The summed E-state index contributed by atoms with van der Waals surface area (Å²) in [4.78, 5) is 22.4. The first kappa shape index (κ1) is 23.0. The first-order chi connectivity index (χ1) is 11.3. The molecule has 25 heavy (non-hydrogen) atoms. The van der Waals surface area contributed by atoms with E-state index in [0.717, 1.165) is 0 Å². The molecule has 0 saturated heterocycles. The van der Waals surface area contributed by atoms with E-state index < -0.39 is 55.1 Å². The van der Waals surface area contributed by atoms with Gasteiger partial charge in [0.25, 0.3) is 0 Å². The van der Waals surface area contributed by atoms with Gasteiger partial charge in [-0.05, 0) is 0 Å². The molecule has 3 heterocycles. The van der Waals surface area contributed by atoms with Gasteiger partial charge in [0.1, 0.15) is 0 Å². The number of thiophene rings is 3. The van der Waals surface area contributed by atoms with Crippen LogP contribution in [0.3, 0.4) is 0 Å². The van der Waals surface area contributed by atoms with Crippen LogP contribution in [-0.4, -0.2) is 55.1 Å². The molecule has 0 radical (unpaired) electrons. The van der Waals surface area contributed by atoms with Gasteiger partial charge in [0.05, 0.1) is 0 Å². The minimum absolute atomic E-state index is 1.56. The third-order valence-corrected chi connectivity index (χ3v) is 35.6. The Morgan fingerprint density at radius 2 is 1.00 bits per heavy atom. The first-order valence-electron chi connectivity index (χ1n) is 8.87. The van der Waals surface area contributed by atoms with Crippen LogP contribution in [0.1, 0.15) is 0 Å². The Bertz CT molecular complexity index is 732. The average molecular weight is 713 g/mol. The van der Waals surface area contributed by atoms with Gasteiger partial charge in [0.2, 0.25) is 0 Å². The van der Waals surface area contributed by atoms with Crippen molar-refractivity contribution in [1.29, 1.82) is 0 Å². The van der Waals surface area contributed by atoms with Crippen LogP contribution in [0.2, 0.25) is 44.5 Å². The van der Waals surface area contributed by atoms with Gasteiger partial charge in [-0.3, -0.25) is 0 Å². The summed E-state index contributed by atoms with van der Waals surface area (Å²) in [5, 5.41) is 2.18. The van der Waals surface area contributed by atoms with Crippen molar-refractivity contribution in [2.45, 2.75) is 44.5 Å². The van der Waals surface area contributed by atoms with E-state index in [9.17, 15) is 0 Å². The first-order valence-corrected chi connectivity index (χ1v) is 41.3. The molecule has 0 atom stereocenters. The van der Waals surface area contributed by atoms with E-state index in [4.69, 9.17) is 0 Å². The third-order valence-electron chi connectivity index (χ3n) is 3.95. The standard InChI is InChI=1S/C6H2S2.C4H3S.9CH3.3Sn/c1-3-7-6-2-4-8-5(1)6;1-2-4-5-3-1;;;;;;;;;;;;/h1-2H;1-3H;9*1H3;;;. The summed E-state index contributed by atoms with van der Waals surface area (Å²) in [6.45, 7) is 0. The van der Waals surface area contributed by atoms with Gasteiger partial charge in [-0.15, -0.1) is 0 Å². The van der Waals surface area contributed by atoms with E-state index in [2.05, 4.69) is 96.8 Å². The molecule has 138 valence electrons.